The van der Waals surface area contributed by atoms with E-state index >= 15 is 0 Å². The van der Waals surface area contributed by atoms with Gasteiger partial charge >= 0.3 is 0 Å². The molecule has 1 aliphatic carbocycles. The van der Waals surface area contributed by atoms with Gasteiger partial charge in [0.15, 0.2) is 5.78 Å². The van der Waals surface area contributed by atoms with E-state index in [0.717, 1.165) is 23.3 Å². The summed E-state index contributed by atoms with van der Waals surface area (Å²) in [5, 5.41) is 11.8. The number of carbonyl (C=O) groups excluding carboxylic acids is 1. The molecule has 114 valence electrons. The minimum atomic E-state index is -0.244. The van der Waals surface area contributed by atoms with Crippen molar-refractivity contribution < 1.29 is 4.79 Å². The minimum absolute atomic E-state index is 0.0371. The molecule has 0 unspecified atom stereocenters. The van der Waals surface area contributed by atoms with Crippen LogP contribution in [0.5, 0.6) is 0 Å². The number of fused-ring (bicyclic) bond motifs is 1. The number of aryl methyl sites for hydroxylation is 1. The normalized spacial score (nSPS) is 23.0. The first-order valence-corrected chi connectivity index (χ1v) is 7.36. The van der Waals surface area contributed by atoms with Crippen LogP contribution in [0.15, 0.2) is 30.0 Å². The summed E-state index contributed by atoms with van der Waals surface area (Å²) in [6, 6.07) is -0.244. The van der Waals surface area contributed by atoms with Gasteiger partial charge in [-0.2, -0.15) is 15.2 Å². The Morgan fingerprint density at radius 3 is 2.86 bits per heavy atom. The Hall–Kier alpha value is -2.44. The van der Waals surface area contributed by atoms with Crippen molar-refractivity contribution in [2.45, 2.75) is 32.7 Å². The van der Waals surface area contributed by atoms with Gasteiger partial charge in [-0.05, 0) is 11.8 Å². The maximum atomic E-state index is 12.8. The van der Waals surface area contributed by atoms with Crippen LogP contribution in [0.2, 0.25) is 0 Å². The Morgan fingerprint density at radius 1 is 1.32 bits per heavy atom. The maximum absolute atomic E-state index is 12.8. The zero-order chi connectivity index (χ0) is 15.5. The minimum Gasteiger partial charge on any atom is -0.328 e. The number of allylic oxidation sites excluding steroid dienone is 2. The molecular formula is C15H18N6O. The van der Waals surface area contributed by atoms with Crippen LogP contribution in [0.1, 0.15) is 38.3 Å². The molecule has 1 atom stereocenters. The first kappa shape index (κ1) is 13.2. The van der Waals surface area contributed by atoms with E-state index in [-0.39, 0.29) is 17.2 Å². The molecule has 0 radical (unpaired) electrons. The summed E-state index contributed by atoms with van der Waals surface area (Å²) in [5.74, 6) is 0.854. The quantitative estimate of drug-likeness (QED) is 0.866. The Morgan fingerprint density at radius 2 is 2.14 bits per heavy atom. The van der Waals surface area contributed by atoms with Crippen LogP contribution in [-0.2, 0) is 11.8 Å². The molecule has 4 rings (SSSR count). The summed E-state index contributed by atoms with van der Waals surface area (Å²) in [4.78, 5) is 17.1. The fourth-order valence-electron chi connectivity index (χ4n) is 3.44. The molecule has 0 fully saturated rings. The van der Waals surface area contributed by atoms with E-state index in [9.17, 15) is 4.79 Å². The van der Waals surface area contributed by atoms with Gasteiger partial charge < -0.3 is 5.32 Å². The molecule has 0 spiro atoms. The topological polar surface area (TPSA) is 77.6 Å². The Balaban J connectivity index is 1.90. The van der Waals surface area contributed by atoms with Crippen molar-refractivity contribution in [2.24, 2.45) is 12.5 Å². The highest BCUT2D eigenvalue weighted by atomic mass is 16.1. The Labute approximate surface area is 128 Å². The van der Waals surface area contributed by atoms with Crippen molar-refractivity contribution >= 4 is 11.7 Å². The fourth-order valence-corrected chi connectivity index (χ4v) is 3.44. The van der Waals surface area contributed by atoms with Crippen molar-refractivity contribution in [1.82, 2.24) is 24.5 Å². The van der Waals surface area contributed by atoms with Crippen molar-refractivity contribution in [2.75, 3.05) is 5.32 Å². The number of hydrogen-bond acceptors (Lipinski definition) is 5. The average molecular weight is 298 g/mol. The Bertz CT molecular complexity index is 797. The van der Waals surface area contributed by atoms with Crippen LogP contribution in [0, 0.1) is 5.41 Å². The predicted molar refractivity (Wildman–Crippen MR) is 80.0 cm³/mol. The molecule has 22 heavy (non-hydrogen) atoms. The number of Topliss-reactive ketones (excluding diaryl/α,β-unsaturated/α-hetero) is 1. The van der Waals surface area contributed by atoms with E-state index < -0.39 is 0 Å². The highest BCUT2D eigenvalue weighted by Gasteiger charge is 2.41. The monoisotopic (exact) mass is 298 g/mol. The number of rotatable bonds is 1. The number of carbonyl (C=O) groups is 1. The molecular weight excluding hydrogens is 280 g/mol. The third-order valence-corrected chi connectivity index (χ3v) is 4.31. The van der Waals surface area contributed by atoms with Crippen LogP contribution in [0.25, 0.3) is 0 Å². The number of aromatic nitrogens is 5. The van der Waals surface area contributed by atoms with Gasteiger partial charge in [-0.25, -0.2) is 4.68 Å². The molecule has 0 bridgehead atoms. The lowest BCUT2D eigenvalue weighted by atomic mass is 9.73. The summed E-state index contributed by atoms with van der Waals surface area (Å²) < 4.78 is 3.51. The first-order valence-electron chi connectivity index (χ1n) is 7.36. The fraction of sp³-hybridized carbons (Fsp3) is 0.467. The summed E-state index contributed by atoms with van der Waals surface area (Å²) in [7, 11) is 1.87. The highest BCUT2D eigenvalue weighted by Crippen LogP contribution is 2.44. The van der Waals surface area contributed by atoms with Crippen molar-refractivity contribution in [3.8, 4) is 0 Å². The molecule has 0 aromatic carbocycles. The smallest absolute Gasteiger partial charge is 0.226 e. The lowest BCUT2D eigenvalue weighted by Crippen LogP contribution is -2.36. The second-order valence-electron chi connectivity index (χ2n) is 6.84. The third kappa shape index (κ3) is 1.88. The summed E-state index contributed by atoms with van der Waals surface area (Å²) in [6.45, 7) is 4.24. The molecule has 1 N–H and O–H groups in total. The first-order chi connectivity index (χ1) is 10.4. The van der Waals surface area contributed by atoms with Crippen molar-refractivity contribution in [3.63, 3.8) is 0 Å². The molecule has 1 aliphatic heterocycles. The summed E-state index contributed by atoms with van der Waals surface area (Å²) in [5.41, 5.74) is 2.68. The Kier molecular flexibility index (Phi) is 2.58. The summed E-state index contributed by atoms with van der Waals surface area (Å²) >= 11 is 0. The van der Waals surface area contributed by atoms with Crippen molar-refractivity contribution in [1.29, 1.82) is 0 Å². The van der Waals surface area contributed by atoms with E-state index in [1.54, 1.807) is 15.6 Å². The van der Waals surface area contributed by atoms with Gasteiger partial charge in [-0.1, -0.05) is 13.8 Å². The van der Waals surface area contributed by atoms with Crippen LogP contribution < -0.4 is 5.32 Å². The predicted octanol–water partition coefficient (Wildman–Crippen LogP) is 1.67. The number of ketones is 1. The molecule has 0 amide bonds. The molecule has 0 saturated carbocycles. The van der Waals surface area contributed by atoms with Gasteiger partial charge in [0.05, 0.1) is 6.20 Å². The molecule has 3 heterocycles. The number of nitrogens with one attached hydrogen (secondary N) is 1. The van der Waals surface area contributed by atoms with Crippen molar-refractivity contribution in [3.05, 3.63) is 35.6 Å². The van der Waals surface area contributed by atoms with Crippen LogP contribution >= 0.6 is 0 Å². The molecule has 7 heteroatoms. The lowest BCUT2D eigenvalue weighted by molar-refractivity contribution is -0.118. The number of anilines is 1. The summed E-state index contributed by atoms with van der Waals surface area (Å²) in [6.07, 6.45) is 6.62. The van der Waals surface area contributed by atoms with E-state index in [1.807, 2.05) is 13.2 Å². The van der Waals surface area contributed by atoms with Crippen LogP contribution in [0.4, 0.5) is 5.95 Å². The van der Waals surface area contributed by atoms with Gasteiger partial charge in [0, 0.05) is 36.5 Å². The van der Waals surface area contributed by atoms with E-state index in [1.165, 1.54) is 6.33 Å². The van der Waals surface area contributed by atoms with Crippen LogP contribution in [0.3, 0.4) is 0 Å². The van der Waals surface area contributed by atoms with E-state index in [2.05, 4.69) is 34.3 Å². The standard InChI is InChI=1S/C15H18N6O/c1-15(2)4-10-12(11(22)5-15)13(9-6-17-20(3)7-9)21-14(19-10)16-8-18-21/h6-8,13H,4-5H2,1-3H3,(H,16,18,19)/t13-/m0/s1. The van der Waals surface area contributed by atoms with Gasteiger partial charge in [0.2, 0.25) is 5.95 Å². The molecule has 0 saturated heterocycles. The largest absolute Gasteiger partial charge is 0.328 e. The SMILES string of the molecule is Cn1cc([C@H]2C3=C(CC(C)(C)CC3=O)Nc3ncnn32)cn1. The zero-order valence-electron chi connectivity index (χ0n) is 12.9. The van der Waals surface area contributed by atoms with E-state index in [4.69, 9.17) is 0 Å². The van der Waals surface area contributed by atoms with Gasteiger partial charge in [0.1, 0.15) is 12.4 Å². The second-order valence-corrected chi connectivity index (χ2v) is 6.84. The highest BCUT2D eigenvalue weighted by molar-refractivity contribution is 6.00. The average Bonchev–Trinajstić information content (AvgIpc) is 3.03. The van der Waals surface area contributed by atoms with E-state index in [0.29, 0.717) is 12.4 Å². The molecule has 2 aromatic heterocycles. The number of nitrogens with zero attached hydrogens (tertiary/aromatic N) is 5. The second kappa shape index (κ2) is 4.28. The third-order valence-electron chi connectivity index (χ3n) is 4.31. The van der Waals surface area contributed by atoms with Crippen LogP contribution in [-0.4, -0.2) is 30.3 Å². The maximum Gasteiger partial charge on any atom is 0.226 e. The zero-order valence-corrected chi connectivity index (χ0v) is 12.9. The van der Waals surface area contributed by atoms with Gasteiger partial charge in [-0.3, -0.25) is 9.48 Å². The molecule has 7 nitrogen and oxygen atoms in total. The van der Waals surface area contributed by atoms with Gasteiger partial charge in [-0.15, -0.1) is 0 Å². The molecule has 2 aliphatic rings. The molecule has 2 aromatic rings. The lowest BCUT2D eigenvalue weighted by Gasteiger charge is -2.37. The number of hydrogen-bond donors (Lipinski definition) is 1. The van der Waals surface area contributed by atoms with Gasteiger partial charge in [0.25, 0.3) is 0 Å².